The largest absolute Gasteiger partial charge is 0.480 e. The van der Waals surface area contributed by atoms with E-state index in [4.69, 9.17) is 18.9 Å². The molecular weight excluding hydrogens is 676 g/mol. The Bertz CT molecular complexity index is 968. The average Bonchev–Trinajstić information content (AvgIpc) is 3.11. The molecule has 15 heteroatoms. The summed E-state index contributed by atoms with van der Waals surface area (Å²) in [6.07, 6.45) is 17.0. The lowest BCUT2D eigenvalue weighted by Gasteiger charge is -2.14. The number of aliphatic carboxylic acids is 1. The number of amides is 4. The highest BCUT2D eigenvalue weighted by Gasteiger charge is 2.20. The highest BCUT2D eigenvalue weighted by atomic mass is 16.5. The Hall–Kier alpha value is -3.14. The van der Waals surface area contributed by atoms with Crippen molar-refractivity contribution in [3.05, 3.63) is 0 Å². The molecule has 0 heterocycles. The van der Waals surface area contributed by atoms with Crippen molar-refractivity contribution in [3.8, 4) is 0 Å². The number of nitrogens with one attached hydrogen (secondary N) is 4. The molecule has 0 aliphatic heterocycles. The maximum atomic E-state index is 12.3. The third kappa shape index (κ3) is 35.3. The van der Waals surface area contributed by atoms with Gasteiger partial charge < -0.3 is 50.1 Å². The number of ketones is 1. The summed E-state index contributed by atoms with van der Waals surface area (Å²) in [6.45, 7) is 3.53. The summed E-state index contributed by atoms with van der Waals surface area (Å²) >= 11 is 0. The van der Waals surface area contributed by atoms with Gasteiger partial charge >= 0.3 is 5.97 Å². The van der Waals surface area contributed by atoms with Crippen molar-refractivity contribution in [2.24, 2.45) is 0 Å². The molecule has 0 unspecified atom stereocenters. The van der Waals surface area contributed by atoms with Gasteiger partial charge in [0.1, 0.15) is 25.0 Å². The Morgan fingerprint density at radius 3 is 1.38 bits per heavy atom. The van der Waals surface area contributed by atoms with Crippen molar-refractivity contribution in [2.75, 3.05) is 73.0 Å². The van der Waals surface area contributed by atoms with Crippen LogP contribution >= 0.6 is 0 Å². The molecule has 0 saturated carbocycles. The quantitative estimate of drug-likeness (QED) is 0.0580. The van der Waals surface area contributed by atoms with Crippen LogP contribution in [0.4, 0.5) is 0 Å². The van der Waals surface area contributed by atoms with Crippen molar-refractivity contribution in [1.29, 1.82) is 0 Å². The smallest absolute Gasteiger partial charge is 0.326 e. The summed E-state index contributed by atoms with van der Waals surface area (Å²) in [5, 5.41) is 19.8. The van der Waals surface area contributed by atoms with E-state index < -0.39 is 12.0 Å². The zero-order valence-electron chi connectivity index (χ0n) is 31.9. The van der Waals surface area contributed by atoms with Crippen LogP contribution in [0, 0.1) is 0 Å². The Labute approximate surface area is 310 Å². The number of rotatable bonds is 38. The number of likely N-dealkylation sites (N-methyl/N-ethyl adjacent to an activating group) is 1. The Morgan fingerprint density at radius 2 is 0.923 bits per heavy atom. The second-order valence-corrected chi connectivity index (χ2v) is 12.9. The van der Waals surface area contributed by atoms with Gasteiger partial charge in [-0.2, -0.15) is 0 Å². The van der Waals surface area contributed by atoms with Crippen LogP contribution in [0.2, 0.25) is 0 Å². The van der Waals surface area contributed by atoms with E-state index in [1.807, 2.05) is 0 Å². The fraction of sp³-hybridized carbons (Fsp3) is 0.838. The first kappa shape index (κ1) is 48.9. The molecule has 0 bridgehead atoms. The zero-order chi connectivity index (χ0) is 38.5. The van der Waals surface area contributed by atoms with Crippen molar-refractivity contribution in [3.63, 3.8) is 0 Å². The van der Waals surface area contributed by atoms with Crippen molar-refractivity contribution in [2.45, 2.75) is 129 Å². The molecule has 0 aliphatic carbocycles. The monoisotopic (exact) mass is 744 g/mol. The molecule has 0 spiro atoms. The predicted molar refractivity (Wildman–Crippen MR) is 197 cm³/mol. The number of hydrogen-bond acceptors (Lipinski definition) is 10. The fourth-order valence-corrected chi connectivity index (χ4v) is 5.09. The van der Waals surface area contributed by atoms with Crippen molar-refractivity contribution < 1.29 is 52.8 Å². The normalized spacial score (nSPS) is 11.5. The standard InChI is InChI=1S/C37H68N4O11/c1-31(42)17-15-13-11-9-7-5-3-4-6-8-10-12-14-16-18-34(44)41-32(37(47)48)19-20-33(43)39-21-23-49-26-28-52-30-36(46)40-22-24-50-25-27-51-29-35(45)38-2/h32H,3-30H2,1-2H3,(H,38,45)(H,39,43)(H,40,46)(H,41,44)(H,47,48)/t32-/m0/s1. The first-order valence-electron chi connectivity index (χ1n) is 19.2. The van der Waals surface area contributed by atoms with Crippen LogP contribution in [0.5, 0.6) is 0 Å². The van der Waals surface area contributed by atoms with Gasteiger partial charge in [-0.25, -0.2) is 4.79 Å². The van der Waals surface area contributed by atoms with E-state index in [2.05, 4.69) is 21.3 Å². The van der Waals surface area contributed by atoms with Gasteiger partial charge in [0.05, 0.1) is 39.6 Å². The maximum Gasteiger partial charge on any atom is 0.326 e. The molecule has 0 aromatic heterocycles. The van der Waals surface area contributed by atoms with Crippen LogP contribution in [0.15, 0.2) is 0 Å². The number of unbranched alkanes of at least 4 members (excludes halogenated alkanes) is 13. The first-order valence-corrected chi connectivity index (χ1v) is 19.2. The van der Waals surface area contributed by atoms with Gasteiger partial charge in [0, 0.05) is 39.4 Å². The van der Waals surface area contributed by atoms with Gasteiger partial charge in [-0.15, -0.1) is 0 Å². The summed E-state index contributed by atoms with van der Waals surface area (Å²) in [6, 6.07) is -1.12. The summed E-state index contributed by atoms with van der Waals surface area (Å²) in [4.78, 5) is 69.7. The van der Waals surface area contributed by atoms with Gasteiger partial charge in [-0.3, -0.25) is 19.2 Å². The summed E-state index contributed by atoms with van der Waals surface area (Å²) in [5.41, 5.74) is 0. The van der Waals surface area contributed by atoms with E-state index in [1.165, 1.54) is 58.4 Å². The third-order valence-electron chi connectivity index (χ3n) is 8.10. The number of carbonyl (C=O) groups is 6. The summed E-state index contributed by atoms with van der Waals surface area (Å²) < 4.78 is 21.0. The average molecular weight is 745 g/mol. The molecule has 52 heavy (non-hydrogen) atoms. The van der Waals surface area contributed by atoms with Crippen LogP contribution in [-0.2, 0) is 47.7 Å². The van der Waals surface area contributed by atoms with E-state index >= 15 is 0 Å². The fourth-order valence-electron chi connectivity index (χ4n) is 5.09. The first-order chi connectivity index (χ1) is 25.1. The molecule has 0 fully saturated rings. The molecule has 0 aromatic rings. The Balaban J connectivity index is 3.66. The lowest BCUT2D eigenvalue weighted by atomic mass is 10.0. The minimum absolute atomic E-state index is 0.00946. The van der Waals surface area contributed by atoms with E-state index in [0.717, 1.165) is 32.1 Å². The highest BCUT2D eigenvalue weighted by Crippen LogP contribution is 2.14. The van der Waals surface area contributed by atoms with Crippen LogP contribution in [-0.4, -0.2) is 120 Å². The van der Waals surface area contributed by atoms with Gasteiger partial charge in [0.25, 0.3) is 0 Å². The molecule has 1 atom stereocenters. The van der Waals surface area contributed by atoms with Crippen molar-refractivity contribution >= 4 is 35.4 Å². The molecular formula is C37H68N4O11. The van der Waals surface area contributed by atoms with E-state index in [1.54, 1.807) is 6.92 Å². The van der Waals surface area contributed by atoms with Crippen LogP contribution in [0.1, 0.15) is 122 Å². The van der Waals surface area contributed by atoms with E-state index in [9.17, 15) is 33.9 Å². The predicted octanol–water partition coefficient (Wildman–Crippen LogP) is 3.21. The number of hydrogen-bond donors (Lipinski definition) is 5. The molecule has 5 N–H and O–H groups in total. The lowest BCUT2D eigenvalue weighted by Crippen LogP contribution is -2.41. The summed E-state index contributed by atoms with van der Waals surface area (Å²) in [5.74, 6) is -2.05. The Morgan fingerprint density at radius 1 is 0.500 bits per heavy atom. The van der Waals surface area contributed by atoms with Crippen molar-refractivity contribution in [1.82, 2.24) is 21.3 Å². The molecule has 0 aliphatic rings. The SMILES string of the molecule is CNC(=O)COCCOCCNC(=O)COCCOCCNC(=O)CC[C@H](NC(=O)CCCCCCCCCCCCCCCCC(C)=O)C(=O)O. The number of ether oxygens (including phenoxy) is 4. The zero-order valence-corrected chi connectivity index (χ0v) is 31.9. The number of carboxylic acids is 1. The van der Waals surface area contributed by atoms with Crippen LogP contribution in [0.3, 0.4) is 0 Å². The topological polar surface area (TPSA) is 208 Å². The van der Waals surface area contributed by atoms with Crippen LogP contribution < -0.4 is 21.3 Å². The lowest BCUT2D eigenvalue weighted by molar-refractivity contribution is -0.142. The molecule has 0 aromatic carbocycles. The van der Waals surface area contributed by atoms with Crippen LogP contribution in [0.25, 0.3) is 0 Å². The van der Waals surface area contributed by atoms with Gasteiger partial charge in [-0.05, 0) is 26.2 Å². The maximum absolute atomic E-state index is 12.3. The third-order valence-corrected chi connectivity index (χ3v) is 8.10. The molecule has 4 amide bonds. The molecule has 0 rings (SSSR count). The van der Waals surface area contributed by atoms with Gasteiger partial charge in [0.15, 0.2) is 0 Å². The van der Waals surface area contributed by atoms with Gasteiger partial charge in [0.2, 0.25) is 23.6 Å². The highest BCUT2D eigenvalue weighted by molar-refractivity contribution is 5.84. The van der Waals surface area contributed by atoms with E-state index in [-0.39, 0.29) is 94.9 Å². The Kier molecular flexibility index (Phi) is 34.0. The molecule has 0 saturated heterocycles. The summed E-state index contributed by atoms with van der Waals surface area (Å²) in [7, 11) is 1.53. The number of carboxylic acid groups (broad SMARTS) is 1. The number of Topliss-reactive ketones (excluding diaryl/α,β-unsaturated/α-hetero) is 1. The second-order valence-electron chi connectivity index (χ2n) is 12.9. The van der Waals surface area contributed by atoms with Gasteiger partial charge in [-0.1, -0.05) is 77.0 Å². The minimum atomic E-state index is -1.17. The molecule has 0 radical (unpaired) electrons. The molecule has 15 nitrogen and oxygen atoms in total. The molecule has 302 valence electrons. The minimum Gasteiger partial charge on any atom is -0.480 e. The number of carbonyl (C=O) groups excluding carboxylic acids is 5. The van der Waals surface area contributed by atoms with E-state index in [0.29, 0.717) is 32.6 Å². The second kappa shape index (κ2) is 36.2.